The first-order valence-electron chi connectivity index (χ1n) is 8.91. The van der Waals surface area contributed by atoms with Crippen LogP contribution in [0, 0.1) is 0 Å². The first-order chi connectivity index (χ1) is 11.5. The highest BCUT2D eigenvalue weighted by molar-refractivity contribution is 14.0. The van der Waals surface area contributed by atoms with E-state index in [1.54, 1.807) is 7.05 Å². The number of likely N-dealkylation sites (tertiary alicyclic amines) is 1. The summed E-state index contributed by atoms with van der Waals surface area (Å²) in [5.74, 6) is 0.668. The molecule has 9 heteroatoms. The summed E-state index contributed by atoms with van der Waals surface area (Å²) in [7, 11) is -1.45. The third-order valence-electron chi connectivity index (χ3n) is 5.16. The average molecular weight is 488 g/mol. The molecule has 0 aromatic rings. The summed E-state index contributed by atoms with van der Waals surface area (Å²) >= 11 is 0. The monoisotopic (exact) mass is 488 g/mol. The Kier molecular flexibility index (Phi) is 9.97. The highest BCUT2D eigenvalue weighted by Gasteiger charge is 2.42. The van der Waals surface area contributed by atoms with Crippen LogP contribution in [-0.4, -0.2) is 83.3 Å². The zero-order valence-corrected chi connectivity index (χ0v) is 18.6. The van der Waals surface area contributed by atoms with Crippen LogP contribution in [0.25, 0.3) is 0 Å². The van der Waals surface area contributed by atoms with Crippen molar-refractivity contribution in [1.82, 2.24) is 15.5 Å². The minimum Gasteiger partial charge on any atom is -0.381 e. The van der Waals surface area contributed by atoms with Crippen LogP contribution in [0.2, 0.25) is 0 Å². The maximum absolute atomic E-state index is 12.3. The van der Waals surface area contributed by atoms with Crippen molar-refractivity contribution in [2.24, 2.45) is 4.99 Å². The molecule has 0 atom stereocenters. The number of guanidine groups is 1. The fourth-order valence-corrected chi connectivity index (χ4v) is 4.65. The van der Waals surface area contributed by atoms with Crippen molar-refractivity contribution in [2.45, 2.75) is 36.9 Å². The Labute approximate surface area is 169 Å². The van der Waals surface area contributed by atoms with Gasteiger partial charge in [0.15, 0.2) is 15.8 Å². The van der Waals surface area contributed by atoms with Gasteiger partial charge in [0.25, 0.3) is 0 Å². The van der Waals surface area contributed by atoms with Gasteiger partial charge in [-0.1, -0.05) is 6.42 Å². The molecule has 7 nitrogen and oxygen atoms in total. The van der Waals surface area contributed by atoms with Crippen LogP contribution in [0.4, 0.5) is 0 Å². The predicted molar refractivity (Wildman–Crippen MR) is 113 cm³/mol. The number of sulfone groups is 1. The highest BCUT2D eigenvalue weighted by atomic mass is 127. The van der Waals surface area contributed by atoms with E-state index < -0.39 is 14.6 Å². The van der Waals surface area contributed by atoms with Gasteiger partial charge < -0.3 is 20.3 Å². The summed E-state index contributed by atoms with van der Waals surface area (Å²) in [4.78, 5) is 6.68. The Balaban J connectivity index is 0.00000312. The molecule has 2 saturated heterocycles. The molecule has 2 aliphatic rings. The van der Waals surface area contributed by atoms with Gasteiger partial charge in [0, 0.05) is 46.2 Å². The molecule has 2 aliphatic heterocycles. The standard InChI is InChI=1S/C16H32N4O3S.HI/c1-17-15(18-8-11-20-9-4-3-5-10-20)19-14-16(24(2,21)22)6-12-23-13-7-16;/h3-14H2,1-2H3,(H2,17,18,19);1H. The maximum atomic E-state index is 12.3. The Bertz CT molecular complexity index is 515. The Hall–Kier alpha value is -0.130. The molecule has 2 fully saturated rings. The lowest BCUT2D eigenvalue weighted by Gasteiger charge is -2.35. The van der Waals surface area contributed by atoms with Gasteiger partial charge in [0.1, 0.15) is 0 Å². The minimum absolute atomic E-state index is 0. The van der Waals surface area contributed by atoms with Crippen molar-refractivity contribution < 1.29 is 13.2 Å². The molecule has 2 heterocycles. The summed E-state index contributed by atoms with van der Waals surface area (Å²) in [5.41, 5.74) is 0. The first kappa shape index (κ1) is 22.9. The summed E-state index contributed by atoms with van der Waals surface area (Å²) < 4.78 is 29.1. The van der Waals surface area contributed by atoms with E-state index in [4.69, 9.17) is 4.74 Å². The summed E-state index contributed by atoms with van der Waals surface area (Å²) in [6.07, 6.45) is 6.29. The molecule has 2 rings (SSSR count). The molecule has 0 aromatic carbocycles. The van der Waals surface area contributed by atoms with Crippen molar-refractivity contribution in [1.29, 1.82) is 0 Å². The molecule has 25 heavy (non-hydrogen) atoms. The fourth-order valence-electron chi connectivity index (χ4n) is 3.40. The van der Waals surface area contributed by atoms with Crippen molar-refractivity contribution in [2.75, 3.05) is 59.2 Å². The van der Waals surface area contributed by atoms with Gasteiger partial charge in [0.2, 0.25) is 0 Å². The lowest BCUT2D eigenvalue weighted by Crippen LogP contribution is -2.54. The Morgan fingerprint density at radius 3 is 2.36 bits per heavy atom. The quantitative estimate of drug-likeness (QED) is 0.328. The van der Waals surface area contributed by atoms with E-state index in [1.807, 2.05) is 0 Å². The number of hydrogen-bond acceptors (Lipinski definition) is 5. The molecule has 0 aromatic heterocycles. The van der Waals surface area contributed by atoms with E-state index in [0.29, 0.717) is 38.6 Å². The van der Waals surface area contributed by atoms with Crippen LogP contribution in [0.1, 0.15) is 32.1 Å². The van der Waals surface area contributed by atoms with Crippen molar-refractivity contribution in [3.05, 3.63) is 0 Å². The number of hydrogen-bond donors (Lipinski definition) is 2. The van der Waals surface area contributed by atoms with Crippen molar-refractivity contribution in [3.63, 3.8) is 0 Å². The number of halogens is 1. The normalized spacial score (nSPS) is 22.1. The predicted octanol–water partition coefficient (Wildman–Crippen LogP) is 0.849. The van der Waals surface area contributed by atoms with Gasteiger partial charge >= 0.3 is 0 Å². The number of nitrogens with one attached hydrogen (secondary N) is 2. The second-order valence-corrected chi connectivity index (χ2v) is 9.23. The van der Waals surface area contributed by atoms with E-state index in [1.165, 1.54) is 38.6 Å². The number of aliphatic imine (C=N–C) groups is 1. The highest BCUT2D eigenvalue weighted by Crippen LogP contribution is 2.28. The molecule has 0 aliphatic carbocycles. The lowest BCUT2D eigenvalue weighted by molar-refractivity contribution is 0.0756. The van der Waals surface area contributed by atoms with Crippen LogP contribution in [0.5, 0.6) is 0 Å². The molecule has 0 amide bonds. The average Bonchev–Trinajstić information content (AvgIpc) is 2.58. The van der Waals surface area contributed by atoms with Gasteiger partial charge in [-0.3, -0.25) is 4.99 Å². The minimum atomic E-state index is -3.16. The van der Waals surface area contributed by atoms with Gasteiger partial charge in [-0.25, -0.2) is 8.42 Å². The molecule has 0 spiro atoms. The van der Waals surface area contributed by atoms with E-state index in [2.05, 4.69) is 20.5 Å². The molecular formula is C16H33IN4O3S. The van der Waals surface area contributed by atoms with E-state index in [9.17, 15) is 8.42 Å². The zero-order valence-electron chi connectivity index (χ0n) is 15.4. The molecule has 0 unspecified atom stereocenters. The van der Waals surface area contributed by atoms with Gasteiger partial charge in [0.05, 0.1) is 4.75 Å². The molecular weight excluding hydrogens is 455 g/mol. The maximum Gasteiger partial charge on any atom is 0.191 e. The largest absolute Gasteiger partial charge is 0.381 e. The van der Waals surface area contributed by atoms with E-state index in [0.717, 1.165) is 13.1 Å². The molecule has 0 radical (unpaired) electrons. The van der Waals surface area contributed by atoms with Crippen molar-refractivity contribution in [3.8, 4) is 0 Å². The second kappa shape index (κ2) is 10.9. The molecule has 2 N–H and O–H groups in total. The Morgan fingerprint density at radius 2 is 1.80 bits per heavy atom. The van der Waals surface area contributed by atoms with E-state index in [-0.39, 0.29) is 24.0 Å². The van der Waals surface area contributed by atoms with Crippen LogP contribution in [0.15, 0.2) is 4.99 Å². The van der Waals surface area contributed by atoms with Crippen LogP contribution < -0.4 is 10.6 Å². The van der Waals surface area contributed by atoms with Crippen LogP contribution in [0.3, 0.4) is 0 Å². The third-order valence-corrected chi connectivity index (χ3v) is 7.29. The summed E-state index contributed by atoms with van der Waals surface area (Å²) in [5, 5.41) is 6.51. The molecule has 148 valence electrons. The number of rotatable bonds is 6. The van der Waals surface area contributed by atoms with Gasteiger partial charge in [-0.2, -0.15) is 0 Å². The first-order valence-corrected chi connectivity index (χ1v) is 10.8. The van der Waals surface area contributed by atoms with Gasteiger partial charge in [-0.05, 0) is 38.8 Å². The van der Waals surface area contributed by atoms with Crippen LogP contribution in [-0.2, 0) is 14.6 Å². The number of piperidine rings is 1. The summed E-state index contributed by atoms with van der Waals surface area (Å²) in [6, 6.07) is 0. The second-order valence-electron chi connectivity index (χ2n) is 6.82. The zero-order chi connectivity index (χ0) is 17.5. The third kappa shape index (κ3) is 6.84. The lowest BCUT2D eigenvalue weighted by atomic mass is 9.99. The van der Waals surface area contributed by atoms with E-state index >= 15 is 0 Å². The SMILES string of the molecule is CN=C(NCCN1CCCCC1)NCC1(S(C)(=O)=O)CCOCC1.I. The summed E-state index contributed by atoms with van der Waals surface area (Å²) in [6.45, 7) is 5.51. The molecule has 0 saturated carbocycles. The van der Waals surface area contributed by atoms with Crippen LogP contribution >= 0.6 is 24.0 Å². The fraction of sp³-hybridized carbons (Fsp3) is 0.938. The van der Waals surface area contributed by atoms with Gasteiger partial charge in [-0.15, -0.1) is 24.0 Å². The topological polar surface area (TPSA) is 83.0 Å². The molecule has 0 bridgehead atoms. The number of ether oxygens (including phenoxy) is 1. The number of nitrogens with zero attached hydrogens (tertiary/aromatic N) is 2. The van der Waals surface area contributed by atoms with Crippen molar-refractivity contribution >= 4 is 39.8 Å². The smallest absolute Gasteiger partial charge is 0.191 e. The Morgan fingerprint density at radius 1 is 1.16 bits per heavy atom.